The lowest BCUT2D eigenvalue weighted by molar-refractivity contribution is -0.147. The average Bonchev–Trinajstić information content (AvgIpc) is 2.58. The molecule has 6 heteroatoms. The summed E-state index contributed by atoms with van der Waals surface area (Å²) in [5.74, 6) is -0.982. The summed E-state index contributed by atoms with van der Waals surface area (Å²) in [6.45, 7) is 5.59. The summed E-state index contributed by atoms with van der Waals surface area (Å²) in [5.41, 5.74) is -1.11. The number of hydrogen-bond donors (Lipinski definition) is 2. The Hall–Kier alpha value is -1.23. The van der Waals surface area contributed by atoms with E-state index in [9.17, 15) is 9.59 Å². The standard InChI is InChI=1S/C10H15ClN2O3/c1-7(11)6-12-9(16)13-5-3-4-10(13,2)8(14)15/h1,3-6H2,2H3,(H,12,16)(H,14,15). The van der Waals surface area contributed by atoms with Crippen LogP contribution in [0, 0.1) is 0 Å². The molecule has 1 rings (SSSR count). The van der Waals surface area contributed by atoms with E-state index in [0.29, 0.717) is 24.4 Å². The number of carboxylic acids is 1. The minimum Gasteiger partial charge on any atom is -0.480 e. The Bertz CT molecular complexity index is 332. The van der Waals surface area contributed by atoms with Gasteiger partial charge in [-0.25, -0.2) is 9.59 Å². The Morgan fingerprint density at radius 3 is 2.75 bits per heavy atom. The molecule has 90 valence electrons. The van der Waals surface area contributed by atoms with Crippen LogP contribution in [0.3, 0.4) is 0 Å². The van der Waals surface area contributed by atoms with Gasteiger partial charge in [0.25, 0.3) is 0 Å². The third-order valence-electron chi connectivity index (χ3n) is 2.78. The van der Waals surface area contributed by atoms with Gasteiger partial charge in [-0.1, -0.05) is 18.2 Å². The van der Waals surface area contributed by atoms with E-state index in [-0.39, 0.29) is 6.54 Å². The van der Waals surface area contributed by atoms with Gasteiger partial charge in [0.15, 0.2) is 0 Å². The van der Waals surface area contributed by atoms with E-state index in [1.165, 1.54) is 4.90 Å². The Kier molecular flexibility index (Phi) is 3.80. The smallest absolute Gasteiger partial charge is 0.329 e. The maximum atomic E-state index is 11.7. The number of amides is 2. The molecule has 0 aromatic carbocycles. The zero-order valence-corrected chi connectivity index (χ0v) is 9.88. The first kappa shape index (κ1) is 12.8. The van der Waals surface area contributed by atoms with Gasteiger partial charge >= 0.3 is 12.0 Å². The Labute approximate surface area is 99.1 Å². The fraction of sp³-hybridized carbons (Fsp3) is 0.600. The molecule has 1 unspecified atom stereocenters. The summed E-state index contributed by atoms with van der Waals surface area (Å²) < 4.78 is 0. The first-order valence-corrected chi connectivity index (χ1v) is 5.38. The molecule has 0 aromatic rings. The molecule has 0 saturated carbocycles. The number of likely N-dealkylation sites (tertiary alicyclic amines) is 1. The molecular weight excluding hydrogens is 232 g/mol. The maximum absolute atomic E-state index is 11.7. The molecule has 0 aliphatic carbocycles. The summed E-state index contributed by atoms with van der Waals surface area (Å²) in [7, 11) is 0. The second-order valence-corrected chi connectivity index (χ2v) is 4.54. The normalized spacial score (nSPS) is 24.2. The van der Waals surface area contributed by atoms with Crippen LogP contribution in [-0.2, 0) is 4.79 Å². The van der Waals surface area contributed by atoms with Crippen LogP contribution in [0.2, 0.25) is 0 Å². The van der Waals surface area contributed by atoms with Gasteiger partial charge in [-0.05, 0) is 19.8 Å². The monoisotopic (exact) mass is 246 g/mol. The number of carboxylic acid groups (broad SMARTS) is 1. The highest BCUT2D eigenvalue weighted by Crippen LogP contribution is 2.29. The number of carbonyl (C=O) groups excluding carboxylic acids is 1. The van der Waals surface area contributed by atoms with Crippen molar-refractivity contribution < 1.29 is 14.7 Å². The minimum absolute atomic E-state index is 0.145. The molecule has 2 N–H and O–H groups in total. The predicted octanol–water partition coefficient (Wildman–Crippen LogP) is 1.39. The van der Waals surface area contributed by atoms with Crippen molar-refractivity contribution in [2.45, 2.75) is 25.3 Å². The number of rotatable bonds is 3. The van der Waals surface area contributed by atoms with Gasteiger partial charge in [0.05, 0.1) is 6.54 Å². The second kappa shape index (κ2) is 4.74. The van der Waals surface area contributed by atoms with Gasteiger partial charge in [0, 0.05) is 11.6 Å². The zero-order valence-electron chi connectivity index (χ0n) is 9.12. The van der Waals surface area contributed by atoms with E-state index >= 15 is 0 Å². The molecule has 0 spiro atoms. The number of aliphatic carboxylic acids is 1. The molecule has 1 fully saturated rings. The van der Waals surface area contributed by atoms with E-state index in [1.807, 2.05) is 0 Å². The molecule has 0 bridgehead atoms. The van der Waals surface area contributed by atoms with Crippen molar-refractivity contribution in [3.63, 3.8) is 0 Å². The van der Waals surface area contributed by atoms with Crippen molar-refractivity contribution >= 4 is 23.6 Å². The van der Waals surface area contributed by atoms with Crippen LogP contribution in [0.5, 0.6) is 0 Å². The van der Waals surface area contributed by atoms with Crippen LogP contribution in [0.15, 0.2) is 11.6 Å². The lowest BCUT2D eigenvalue weighted by Gasteiger charge is -2.31. The topological polar surface area (TPSA) is 69.6 Å². The SMILES string of the molecule is C=C(Cl)CNC(=O)N1CCCC1(C)C(=O)O. The van der Waals surface area contributed by atoms with E-state index in [1.54, 1.807) is 6.92 Å². The van der Waals surface area contributed by atoms with Crippen molar-refractivity contribution in [2.75, 3.05) is 13.1 Å². The largest absolute Gasteiger partial charge is 0.480 e. The molecule has 2 amide bonds. The Morgan fingerprint density at radius 1 is 1.62 bits per heavy atom. The van der Waals surface area contributed by atoms with Gasteiger partial charge < -0.3 is 15.3 Å². The molecule has 1 atom stereocenters. The highest BCUT2D eigenvalue weighted by atomic mass is 35.5. The van der Waals surface area contributed by atoms with Gasteiger partial charge in [0.2, 0.25) is 0 Å². The molecular formula is C10H15ClN2O3. The van der Waals surface area contributed by atoms with Gasteiger partial charge in [-0.3, -0.25) is 0 Å². The van der Waals surface area contributed by atoms with Gasteiger partial charge in [0.1, 0.15) is 5.54 Å². The summed E-state index contributed by atoms with van der Waals surface area (Å²) in [6, 6.07) is -0.413. The number of urea groups is 1. The van der Waals surface area contributed by atoms with Crippen molar-refractivity contribution in [1.29, 1.82) is 0 Å². The minimum atomic E-state index is -1.11. The van der Waals surface area contributed by atoms with Crippen LogP contribution < -0.4 is 5.32 Å². The maximum Gasteiger partial charge on any atom is 0.329 e. The highest BCUT2D eigenvalue weighted by molar-refractivity contribution is 6.29. The van der Waals surface area contributed by atoms with Gasteiger partial charge in [-0.2, -0.15) is 0 Å². The molecule has 1 aliphatic rings. The van der Waals surface area contributed by atoms with E-state index < -0.39 is 17.5 Å². The summed E-state index contributed by atoms with van der Waals surface area (Å²) in [4.78, 5) is 24.2. The molecule has 0 radical (unpaired) electrons. The van der Waals surface area contributed by atoms with Gasteiger partial charge in [-0.15, -0.1) is 0 Å². The van der Waals surface area contributed by atoms with Crippen molar-refractivity contribution in [1.82, 2.24) is 10.2 Å². The molecule has 1 heterocycles. The molecule has 5 nitrogen and oxygen atoms in total. The predicted molar refractivity (Wildman–Crippen MR) is 60.4 cm³/mol. The fourth-order valence-corrected chi connectivity index (χ4v) is 1.84. The van der Waals surface area contributed by atoms with Crippen LogP contribution in [0.25, 0.3) is 0 Å². The molecule has 1 aliphatic heterocycles. The Balaban J connectivity index is 2.68. The molecule has 16 heavy (non-hydrogen) atoms. The lowest BCUT2D eigenvalue weighted by atomic mass is 10.00. The fourth-order valence-electron chi connectivity index (χ4n) is 1.78. The average molecular weight is 247 g/mol. The third kappa shape index (κ3) is 2.47. The molecule has 0 aromatic heterocycles. The van der Waals surface area contributed by atoms with Crippen molar-refractivity contribution in [2.24, 2.45) is 0 Å². The van der Waals surface area contributed by atoms with E-state index in [4.69, 9.17) is 16.7 Å². The lowest BCUT2D eigenvalue weighted by Crippen LogP contribution is -2.54. The van der Waals surface area contributed by atoms with Crippen molar-refractivity contribution in [3.8, 4) is 0 Å². The number of hydrogen-bond acceptors (Lipinski definition) is 2. The van der Waals surface area contributed by atoms with Crippen LogP contribution in [-0.4, -0.2) is 40.6 Å². The third-order valence-corrected chi connectivity index (χ3v) is 2.91. The number of nitrogens with one attached hydrogen (secondary N) is 1. The van der Waals surface area contributed by atoms with E-state index in [2.05, 4.69) is 11.9 Å². The first-order chi connectivity index (χ1) is 7.38. The van der Waals surface area contributed by atoms with Crippen molar-refractivity contribution in [3.05, 3.63) is 11.6 Å². The number of halogens is 1. The second-order valence-electron chi connectivity index (χ2n) is 4.01. The first-order valence-electron chi connectivity index (χ1n) is 5.00. The Morgan fingerprint density at radius 2 is 2.25 bits per heavy atom. The number of nitrogens with zero attached hydrogens (tertiary/aromatic N) is 1. The molecule has 1 saturated heterocycles. The summed E-state index contributed by atoms with van der Waals surface area (Å²) in [6.07, 6.45) is 1.16. The zero-order chi connectivity index (χ0) is 12.3. The number of carbonyl (C=O) groups is 2. The van der Waals surface area contributed by atoms with Crippen LogP contribution in [0.4, 0.5) is 4.79 Å². The van der Waals surface area contributed by atoms with Crippen LogP contribution >= 0.6 is 11.6 Å². The van der Waals surface area contributed by atoms with Crippen LogP contribution in [0.1, 0.15) is 19.8 Å². The summed E-state index contributed by atoms with van der Waals surface area (Å²) in [5, 5.41) is 11.9. The quantitative estimate of drug-likeness (QED) is 0.791. The highest BCUT2D eigenvalue weighted by Gasteiger charge is 2.45. The summed E-state index contributed by atoms with van der Waals surface area (Å²) >= 11 is 5.52. The van der Waals surface area contributed by atoms with E-state index in [0.717, 1.165) is 0 Å².